The van der Waals surface area contributed by atoms with E-state index in [4.69, 9.17) is 5.10 Å². The molecule has 6 nitrogen and oxygen atoms in total. The van der Waals surface area contributed by atoms with Crippen LogP contribution in [-0.2, 0) is 11.2 Å². The molecule has 4 aliphatic rings. The van der Waals surface area contributed by atoms with Gasteiger partial charge in [0.1, 0.15) is 0 Å². The maximum Gasteiger partial charge on any atom is 0.304 e. The Kier molecular flexibility index (Phi) is 5.62. The zero-order valence-electron chi connectivity index (χ0n) is 20.0. The number of carboxylic acid groups (broad SMARTS) is 1. The Bertz CT molecular complexity index is 1210. The van der Waals surface area contributed by atoms with E-state index in [9.17, 15) is 14.7 Å². The van der Waals surface area contributed by atoms with Crippen LogP contribution in [0.5, 0.6) is 0 Å². The summed E-state index contributed by atoms with van der Waals surface area (Å²) in [4.78, 5) is 25.0. The number of aliphatic carboxylic acids is 1. The first-order valence-electron chi connectivity index (χ1n) is 13.0. The first kappa shape index (κ1) is 22.3. The number of hydrogen-bond acceptors (Lipinski definition) is 3. The largest absolute Gasteiger partial charge is 0.481 e. The molecule has 2 heterocycles. The van der Waals surface area contributed by atoms with Crippen LogP contribution in [0.4, 0.5) is 0 Å². The van der Waals surface area contributed by atoms with Gasteiger partial charge in [-0.2, -0.15) is 5.10 Å². The van der Waals surface area contributed by atoms with Crippen LogP contribution in [0.25, 0.3) is 5.52 Å². The zero-order chi connectivity index (χ0) is 24.0. The molecule has 1 aromatic carbocycles. The van der Waals surface area contributed by atoms with Crippen molar-refractivity contribution in [2.75, 3.05) is 6.54 Å². The van der Waals surface area contributed by atoms with Gasteiger partial charge < -0.3 is 10.4 Å². The number of aromatic nitrogens is 2. The SMILES string of the molecule is O=C(O)CC(Cc1ccccc1)c1cc2c(C(=O)NCC34CC5CC(CC(C5)C3)C4)cccn2n1. The van der Waals surface area contributed by atoms with Crippen LogP contribution in [-0.4, -0.2) is 33.1 Å². The van der Waals surface area contributed by atoms with Crippen LogP contribution in [0.1, 0.15) is 72.5 Å². The lowest BCUT2D eigenvalue weighted by Gasteiger charge is -2.56. The van der Waals surface area contributed by atoms with Gasteiger partial charge in [0.15, 0.2) is 0 Å². The highest BCUT2D eigenvalue weighted by Crippen LogP contribution is 2.59. The van der Waals surface area contributed by atoms with Gasteiger partial charge in [-0.25, -0.2) is 4.52 Å². The zero-order valence-corrected chi connectivity index (χ0v) is 20.0. The molecule has 0 radical (unpaired) electrons. The molecule has 1 amide bonds. The maximum atomic E-state index is 13.4. The number of nitrogens with one attached hydrogen (secondary N) is 1. The lowest BCUT2D eigenvalue weighted by atomic mass is 9.49. The molecule has 0 aliphatic heterocycles. The normalized spacial score (nSPS) is 27.7. The van der Waals surface area contributed by atoms with Gasteiger partial charge in [-0.3, -0.25) is 9.59 Å². The molecule has 35 heavy (non-hydrogen) atoms. The standard InChI is InChI=1S/C29H33N3O3/c33-27(34)13-23(12-19-5-2-1-3-6-19)25-14-26-24(7-4-8-32(26)31-25)28(35)30-18-29-15-20-9-21(16-29)11-22(10-20)17-29/h1-8,14,20-23H,9-13,15-18H2,(H,30,35)(H,33,34). The molecule has 2 N–H and O–H groups in total. The number of benzene rings is 1. The monoisotopic (exact) mass is 471 g/mol. The van der Waals surface area contributed by atoms with Gasteiger partial charge in [0.05, 0.1) is 23.2 Å². The molecule has 0 saturated heterocycles. The molecule has 6 heteroatoms. The molecular formula is C29H33N3O3. The molecule has 1 unspecified atom stereocenters. The van der Waals surface area contributed by atoms with Gasteiger partial charge in [-0.05, 0) is 91.9 Å². The van der Waals surface area contributed by atoms with Crippen LogP contribution in [0.2, 0.25) is 0 Å². The highest BCUT2D eigenvalue weighted by molar-refractivity contribution is 6.00. The number of carboxylic acids is 1. The first-order chi connectivity index (χ1) is 17.0. The minimum absolute atomic E-state index is 0.00761. The topological polar surface area (TPSA) is 83.7 Å². The fourth-order valence-electron chi connectivity index (χ4n) is 7.69. The van der Waals surface area contributed by atoms with Crippen LogP contribution in [0.15, 0.2) is 54.7 Å². The molecule has 3 aromatic rings. The second-order valence-electron chi connectivity index (χ2n) is 11.4. The molecule has 1 atom stereocenters. The molecular weight excluding hydrogens is 438 g/mol. The highest BCUT2D eigenvalue weighted by atomic mass is 16.4. The second kappa shape index (κ2) is 8.81. The van der Waals surface area contributed by atoms with Gasteiger partial charge in [0, 0.05) is 18.7 Å². The van der Waals surface area contributed by atoms with Gasteiger partial charge in [0.25, 0.3) is 5.91 Å². The fourth-order valence-corrected chi connectivity index (χ4v) is 7.69. The summed E-state index contributed by atoms with van der Waals surface area (Å²) in [5.41, 5.74) is 3.39. The molecule has 2 aromatic heterocycles. The number of pyridine rings is 1. The molecule has 4 aliphatic carbocycles. The number of amides is 1. The van der Waals surface area contributed by atoms with Crippen molar-refractivity contribution in [3.05, 3.63) is 71.5 Å². The van der Waals surface area contributed by atoms with E-state index in [1.807, 2.05) is 54.7 Å². The Morgan fingerprint density at radius 1 is 1.03 bits per heavy atom. The van der Waals surface area contributed by atoms with E-state index in [0.29, 0.717) is 17.7 Å². The Hall–Kier alpha value is -3.15. The van der Waals surface area contributed by atoms with Crippen molar-refractivity contribution in [2.45, 2.75) is 57.3 Å². The number of hydrogen-bond donors (Lipinski definition) is 2. The van der Waals surface area contributed by atoms with E-state index < -0.39 is 5.97 Å². The van der Waals surface area contributed by atoms with Crippen molar-refractivity contribution >= 4 is 17.4 Å². The number of fused-ring (bicyclic) bond motifs is 1. The third-order valence-corrected chi connectivity index (χ3v) is 8.72. The number of carbonyl (C=O) groups is 2. The van der Waals surface area contributed by atoms with Crippen molar-refractivity contribution in [1.29, 1.82) is 0 Å². The summed E-state index contributed by atoms with van der Waals surface area (Å²) in [7, 11) is 0. The van der Waals surface area contributed by atoms with Crippen LogP contribution < -0.4 is 5.32 Å². The molecule has 182 valence electrons. The molecule has 4 fully saturated rings. The third-order valence-electron chi connectivity index (χ3n) is 8.72. The predicted octanol–water partition coefficient (Wildman–Crippen LogP) is 5.08. The first-order valence-corrected chi connectivity index (χ1v) is 13.0. The predicted molar refractivity (Wildman–Crippen MR) is 133 cm³/mol. The summed E-state index contributed by atoms with van der Waals surface area (Å²) in [5, 5.41) is 17.5. The smallest absolute Gasteiger partial charge is 0.304 e. The summed E-state index contributed by atoms with van der Waals surface area (Å²) >= 11 is 0. The lowest BCUT2D eigenvalue weighted by Crippen LogP contribution is -2.51. The fraction of sp³-hybridized carbons (Fsp3) is 0.483. The quantitative estimate of drug-likeness (QED) is 0.480. The van der Waals surface area contributed by atoms with E-state index in [1.165, 1.54) is 38.5 Å². The van der Waals surface area contributed by atoms with E-state index in [1.54, 1.807) is 4.52 Å². The van der Waals surface area contributed by atoms with Gasteiger partial charge >= 0.3 is 5.97 Å². The van der Waals surface area contributed by atoms with Crippen molar-refractivity contribution in [3.63, 3.8) is 0 Å². The van der Waals surface area contributed by atoms with Gasteiger partial charge in [-0.15, -0.1) is 0 Å². The number of rotatable bonds is 8. The van der Waals surface area contributed by atoms with E-state index in [-0.39, 0.29) is 23.7 Å². The highest BCUT2D eigenvalue weighted by Gasteiger charge is 2.50. The Balaban J connectivity index is 1.22. The average molecular weight is 472 g/mol. The summed E-state index contributed by atoms with van der Waals surface area (Å²) in [6.07, 6.45) is 10.4. The van der Waals surface area contributed by atoms with E-state index in [0.717, 1.165) is 35.4 Å². The van der Waals surface area contributed by atoms with Crippen LogP contribution in [0, 0.1) is 23.2 Å². The van der Waals surface area contributed by atoms with E-state index >= 15 is 0 Å². The third kappa shape index (κ3) is 4.46. The van der Waals surface area contributed by atoms with Crippen molar-refractivity contribution < 1.29 is 14.7 Å². The van der Waals surface area contributed by atoms with Crippen molar-refractivity contribution in [1.82, 2.24) is 14.9 Å². The summed E-state index contributed by atoms with van der Waals surface area (Å²) in [5.74, 6) is 1.39. The number of carbonyl (C=O) groups excluding carboxylic acids is 1. The van der Waals surface area contributed by atoms with Crippen molar-refractivity contribution in [2.24, 2.45) is 23.2 Å². The van der Waals surface area contributed by atoms with Gasteiger partial charge in [0.2, 0.25) is 0 Å². The molecule has 0 spiro atoms. The maximum absolute atomic E-state index is 13.4. The molecule has 4 bridgehead atoms. The summed E-state index contributed by atoms with van der Waals surface area (Å²) in [6, 6.07) is 15.5. The Morgan fingerprint density at radius 2 is 1.71 bits per heavy atom. The summed E-state index contributed by atoms with van der Waals surface area (Å²) in [6.45, 7) is 0.757. The Labute approximate surface area is 205 Å². The average Bonchev–Trinajstić information content (AvgIpc) is 3.26. The summed E-state index contributed by atoms with van der Waals surface area (Å²) < 4.78 is 1.72. The second-order valence-corrected chi connectivity index (χ2v) is 11.4. The van der Waals surface area contributed by atoms with Gasteiger partial charge in [-0.1, -0.05) is 30.3 Å². The van der Waals surface area contributed by atoms with Crippen LogP contribution >= 0.6 is 0 Å². The van der Waals surface area contributed by atoms with Crippen LogP contribution in [0.3, 0.4) is 0 Å². The molecule has 4 saturated carbocycles. The number of nitrogens with zero attached hydrogens (tertiary/aromatic N) is 2. The minimum Gasteiger partial charge on any atom is -0.481 e. The molecule has 7 rings (SSSR count). The minimum atomic E-state index is -0.850. The van der Waals surface area contributed by atoms with E-state index in [2.05, 4.69) is 5.32 Å². The lowest BCUT2D eigenvalue weighted by molar-refractivity contribution is -0.137. The van der Waals surface area contributed by atoms with Crippen molar-refractivity contribution in [3.8, 4) is 0 Å². The Morgan fingerprint density at radius 3 is 2.37 bits per heavy atom.